The number of halogens is 2. The Kier molecular flexibility index (Phi) is 5.29. The first kappa shape index (κ1) is 21.1. The molecule has 8 heteroatoms. The highest BCUT2D eigenvalue weighted by molar-refractivity contribution is 6.35. The van der Waals surface area contributed by atoms with Crippen molar-refractivity contribution in [3.63, 3.8) is 0 Å². The second-order valence-corrected chi connectivity index (χ2v) is 8.44. The lowest BCUT2D eigenvalue weighted by Gasteiger charge is -2.25. The minimum Gasteiger partial charge on any atom is -0.439 e. The van der Waals surface area contributed by atoms with Crippen molar-refractivity contribution in [1.82, 2.24) is 0 Å². The van der Waals surface area contributed by atoms with E-state index in [9.17, 15) is 10.1 Å². The number of benzene rings is 2. The molecule has 2 N–H and O–H groups in total. The van der Waals surface area contributed by atoms with Crippen LogP contribution in [-0.2, 0) is 6.54 Å². The summed E-state index contributed by atoms with van der Waals surface area (Å²) in [5.41, 5.74) is 7.94. The van der Waals surface area contributed by atoms with Crippen LogP contribution in [0.25, 0.3) is 11.0 Å². The van der Waals surface area contributed by atoms with Gasteiger partial charge in [-0.05, 0) is 35.9 Å². The lowest BCUT2D eigenvalue weighted by molar-refractivity contribution is -0.688. The monoisotopic (exact) mass is 476 g/mol. The second kappa shape index (κ2) is 8.28. The number of ether oxygens (including phenoxy) is 1. The number of para-hydroxylation sites is 1. The van der Waals surface area contributed by atoms with Crippen LogP contribution in [0.2, 0.25) is 10.0 Å². The molecule has 1 aliphatic rings. The molecule has 162 valence electrons. The first-order chi connectivity index (χ1) is 16.0. The Balaban J connectivity index is 1.59. The lowest BCUT2D eigenvalue weighted by Crippen LogP contribution is -2.34. The Bertz CT molecular complexity index is 1540. The lowest BCUT2D eigenvalue weighted by atomic mass is 9.84. The molecule has 1 atom stereocenters. The third-order valence-electron chi connectivity index (χ3n) is 5.59. The molecule has 0 spiro atoms. The Morgan fingerprint density at radius 2 is 1.85 bits per heavy atom. The van der Waals surface area contributed by atoms with E-state index in [1.165, 1.54) is 0 Å². The summed E-state index contributed by atoms with van der Waals surface area (Å²) in [6, 6.07) is 18.2. The van der Waals surface area contributed by atoms with Crippen LogP contribution in [0.4, 0.5) is 0 Å². The van der Waals surface area contributed by atoms with E-state index in [2.05, 4.69) is 6.07 Å². The molecular formula is C25H16Cl2N3O3+. The summed E-state index contributed by atoms with van der Waals surface area (Å²) in [4.78, 5) is 13.0. The molecule has 3 heterocycles. The molecule has 0 aliphatic carbocycles. The fraction of sp³-hybridized carbons (Fsp3) is 0.0800. The first-order valence-electron chi connectivity index (χ1n) is 10.0. The average molecular weight is 477 g/mol. The molecule has 2 aromatic carbocycles. The summed E-state index contributed by atoms with van der Waals surface area (Å²) in [6.45, 7) is 0.524. The van der Waals surface area contributed by atoms with Gasteiger partial charge in [-0.25, -0.2) is 9.36 Å². The smallest absolute Gasteiger partial charge is 0.344 e. The molecule has 6 nitrogen and oxygen atoms in total. The molecule has 0 radical (unpaired) electrons. The van der Waals surface area contributed by atoms with Crippen LogP contribution in [0, 0.1) is 11.3 Å². The van der Waals surface area contributed by atoms with Crippen molar-refractivity contribution in [2.24, 2.45) is 5.73 Å². The van der Waals surface area contributed by atoms with E-state index in [1.54, 1.807) is 30.3 Å². The molecule has 0 saturated heterocycles. The second-order valence-electron chi connectivity index (χ2n) is 7.59. The SMILES string of the molecule is N#CC1=C(N)Oc2c(c(=O)oc3ccccc23)C1c1cc[n+](Cc2ccc(Cl)cc2Cl)cc1. The number of nitrogens with two attached hydrogens (primary N) is 1. The Morgan fingerprint density at radius 1 is 1.09 bits per heavy atom. The highest BCUT2D eigenvalue weighted by Crippen LogP contribution is 2.43. The largest absolute Gasteiger partial charge is 0.439 e. The summed E-state index contributed by atoms with van der Waals surface area (Å²) in [6.07, 6.45) is 3.70. The van der Waals surface area contributed by atoms with Gasteiger partial charge in [-0.15, -0.1) is 0 Å². The summed E-state index contributed by atoms with van der Waals surface area (Å²) >= 11 is 12.3. The standard InChI is InChI=1S/C25H16Cl2N3O3/c26-16-6-5-15(19(27)11-16)13-30-9-7-14(8-10-30)21-18(12-28)24(29)33-23-17-3-1-2-4-20(17)32-25(31)22(21)23/h1-11,21H,13,29H2/q+1. The van der Waals surface area contributed by atoms with Crippen molar-refractivity contribution < 1.29 is 13.7 Å². The summed E-state index contributed by atoms with van der Waals surface area (Å²) in [7, 11) is 0. The van der Waals surface area contributed by atoms with Crippen LogP contribution in [0.3, 0.4) is 0 Å². The first-order valence-corrected chi connectivity index (χ1v) is 10.8. The highest BCUT2D eigenvalue weighted by Gasteiger charge is 2.35. The Morgan fingerprint density at radius 3 is 2.58 bits per heavy atom. The van der Waals surface area contributed by atoms with Gasteiger partial charge in [-0.3, -0.25) is 0 Å². The van der Waals surface area contributed by atoms with Crippen LogP contribution in [-0.4, -0.2) is 0 Å². The molecule has 0 amide bonds. The molecular weight excluding hydrogens is 461 g/mol. The van der Waals surface area contributed by atoms with E-state index < -0.39 is 11.5 Å². The molecule has 1 unspecified atom stereocenters. The maximum atomic E-state index is 13.0. The van der Waals surface area contributed by atoms with Gasteiger partial charge >= 0.3 is 5.63 Å². The number of hydrogen-bond donors (Lipinski definition) is 1. The van der Waals surface area contributed by atoms with Crippen LogP contribution < -0.4 is 20.7 Å². The van der Waals surface area contributed by atoms with Gasteiger partial charge in [0.1, 0.15) is 17.2 Å². The van der Waals surface area contributed by atoms with Crippen molar-refractivity contribution in [2.45, 2.75) is 12.5 Å². The van der Waals surface area contributed by atoms with E-state index in [0.717, 1.165) is 5.56 Å². The number of fused-ring (bicyclic) bond motifs is 3. The fourth-order valence-corrected chi connectivity index (χ4v) is 4.48. The van der Waals surface area contributed by atoms with Crippen molar-refractivity contribution in [3.8, 4) is 11.8 Å². The highest BCUT2D eigenvalue weighted by atomic mass is 35.5. The summed E-state index contributed by atoms with van der Waals surface area (Å²) in [5.74, 6) is -0.433. The third kappa shape index (κ3) is 3.72. The number of hydrogen-bond acceptors (Lipinski definition) is 5. The third-order valence-corrected chi connectivity index (χ3v) is 6.18. The number of nitriles is 1. The van der Waals surface area contributed by atoms with Crippen molar-refractivity contribution in [2.75, 3.05) is 0 Å². The Labute approximate surface area is 198 Å². The van der Waals surface area contributed by atoms with Crippen molar-refractivity contribution >= 4 is 34.2 Å². The van der Waals surface area contributed by atoms with Crippen LogP contribution in [0.1, 0.15) is 22.6 Å². The van der Waals surface area contributed by atoms with E-state index in [4.69, 9.17) is 38.1 Å². The van der Waals surface area contributed by atoms with Gasteiger partial charge in [0.05, 0.1) is 21.9 Å². The van der Waals surface area contributed by atoms with Crippen molar-refractivity contribution in [3.05, 3.63) is 116 Å². The van der Waals surface area contributed by atoms with Crippen molar-refractivity contribution in [1.29, 1.82) is 5.26 Å². The van der Waals surface area contributed by atoms with Gasteiger partial charge in [0, 0.05) is 22.7 Å². The van der Waals surface area contributed by atoms with Gasteiger partial charge in [-0.2, -0.15) is 5.26 Å². The molecule has 0 bridgehead atoms. The minimum atomic E-state index is -0.714. The van der Waals surface area contributed by atoms with E-state index in [1.807, 2.05) is 41.2 Å². The summed E-state index contributed by atoms with van der Waals surface area (Å²) < 4.78 is 13.2. The maximum absolute atomic E-state index is 13.0. The van der Waals surface area contributed by atoms with Crippen LogP contribution in [0.5, 0.6) is 5.75 Å². The number of pyridine rings is 1. The topological polar surface area (TPSA) is 93.1 Å². The van der Waals surface area contributed by atoms with Gasteiger partial charge < -0.3 is 14.9 Å². The van der Waals surface area contributed by atoms with E-state index in [-0.39, 0.29) is 17.0 Å². The van der Waals surface area contributed by atoms with Crippen LogP contribution >= 0.6 is 23.2 Å². The molecule has 2 aromatic heterocycles. The van der Waals surface area contributed by atoms with Crippen LogP contribution in [0.15, 0.2) is 87.7 Å². The molecule has 0 fully saturated rings. The Hall–Kier alpha value is -3.79. The quantitative estimate of drug-likeness (QED) is 0.343. The zero-order valence-electron chi connectivity index (χ0n) is 17.1. The molecule has 0 saturated carbocycles. The maximum Gasteiger partial charge on any atom is 0.344 e. The average Bonchev–Trinajstić information content (AvgIpc) is 2.81. The number of allylic oxidation sites excluding steroid dienone is 1. The van der Waals surface area contributed by atoms with E-state index in [0.29, 0.717) is 38.9 Å². The number of nitrogens with zero attached hydrogens (tertiary/aromatic N) is 2. The number of aromatic nitrogens is 1. The fourth-order valence-electron chi connectivity index (χ4n) is 4.01. The summed E-state index contributed by atoms with van der Waals surface area (Å²) in [5, 5.41) is 11.6. The van der Waals surface area contributed by atoms with E-state index >= 15 is 0 Å². The molecule has 33 heavy (non-hydrogen) atoms. The normalized spacial score (nSPS) is 15.1. The molecule has 4 aromatic rings. The van der Waals surface area contributed by atoms with Gasteiger partial charge in [0.2, 0.25) is 5.88 Å². The minimum absolute atomic E-state index is 0.0320. The van der Waals surface area contributed by atoms with Gasteiger partial charge in [-0.1, -0.05) is 35.3 Å². The predicted octanol–water partition coefficient (Wildman–Crippen LogP) is 4.65. The molecule has 1 aliphatic heterocycles. The number of rotatable bonds is 3. The zero-order valence-corrected chi connectivity index (χ0v) is 18.6. The zero-order chi connectivity index (χ0) is 23.1. The predicted molar refractivity (Wildman–Crippen MR) is 124 cm³/mol. The molecule has 5 rings (SSSR count). The van der Waals surface area contributed by atoms with Gasteiger partial charge in [0.15, 0.2) is 24.7 Å². The van der Waals surface area contributed by atoms with Gasteiger partial charge in [0.25, 0.3) is 0 Å².